The predicted molar refractivity (Wildman–Crippen MR) is 88.7 cm³/mol. The van der Waals surface area contributed by atoms with E-state index >= 15 is 0 Å². The zero-order chi connectivity index (χ0) is 15.1. The Labute approximate surface area is 129 Å². The van der Waals surface area contributed by atoms with Crippen LogP contribution in [0, 0.1) is 13.8 Å². The van der Waals surface area contributed by atoms with Crippen molar-refractivity contribution in [3.8, 4) is 0 Å². The lowest BCUT2D eigenvalue weighted by molar-refractivity contribution is 0.396. The Morgan fingerprint density at radius 1 is 1.38 bits per heavy atom. The fourth-order valence-corrected chi connectivity index (χ4v) is 3.29. The van der Waals surface area contributed by atoms with E-state index in [9.17, 15) is 0 Å². The molecule has 4 nitrogen and oxygen atoms in total. The number of rotatable bonds is 7. The first-order chi connectivity index (χ1) is 10.1. The van der Waals surface area contributed by atoms with Gasteiger partial charge in [-0.3, -0.25) is 4.68 Å². The minimum atomic E-state index is 0.598. The Kier molecular flexibility index (Phi) is 6.71. The van der Waals surface area contributed by atoms with Crippen molar-refractivity contribution in [1.29, 1.82) is 0 Å². The lowest BCUT2D eigenvalue weighted by Gasteiger charge is -2.21. The van der Waals surface area contributed by atoms with E-state index in [-0.39, 0.29) is 0 Å². The van der Waals surface area contributed by atoms with Crippen LogP contribution in [0.5, 0.6) is 0 Å². The molecule has 2 atom stereocenters. The van der Waals surface area contributed by atoms with E-state index in [0.717, 1.165) is 25.2 Å². The predicted octanol–water partition coefficient (Wildman–Crippen LogP) is 2.79. The molecule has 0 spiro atoms. The quantitative estimate of drug-likeness (QED) is 0.759. The van der Waals surface area contributed by atoms with Gasteiger partial charge < -0.3 is 10.6 Å². The summed E-state index contributed by atoms with van der Waals surface area (Å²) in [6.07, 6.45) is 7.87. The van der Waals surface area contributed by atoms with Gasteiger partial charge >= 0.3 is 0 Å². The molecule has 1 aliphatic heterocycles. The first-order valence-electron chi connectivity index (χ1n) is 8.63. The molecular formula is C17H32N4. The molecule has 2 N–H and O–H groups in total. The molecule has 1 saturated heterocycles. The summed E-state index contributed by atoms with van der Waals surface area (Å²) in [6.45, 7) is 9.80. The molecule has 1 fully saturated rings. The summed E-state index contributed by atoms with van der Waals surface area (Å²) >= 11 is 0. The minimum Gasteiger partial charge on any atom is -0.314 e. The average molecular weight is 292 g/mol. The normalized spacial score (nSPS) is 21.2. The van der Waals surface area contributed by atoms with Crippen molar-refractivity contribution in [2.75, 3.05) is 13.1 Å². The Balaban J connectivity index is 1.60. The molecule has 1 aromatic heterocycles. The molecule has 0 aromatic carbocycles. The van der Waals surface area contributed by atoms with Gasteiger partial charge in [0.05, 0.1) is 5.69 Å². The van der Waals surface area contributed by atoms with Crippen molar-refractivity contribution >= 4 is 0 Å². The van der Waals surface area contributed by atoms with Gasteiger partial charge in [0.2, 0.25) is 0 Å². The highest BCUT2D eigenvalue weighted by molar-refractivity contribution is 5.06. The highest BCUT2D eigenvalue weighted by Crippen LogP contribution is 2.12. The van der Waals surface area contributed by atoms with E-state index in [1.807, 2.05) is 0 Å². The molecular weight excluding hydrogens is 260 g/mol. The molecule has 0 bridgehead atoms. The zero-order valence-corrected chi connectivity index (χ0v) is 14.0. The van der Waals surface area contributed by atoms with Gasteiger partial charge in [0, 0.05) is 24.3 Å². The van der Waals surface area contributed by atoms with Gasteiger partial charge in [-0.1, -0.05) is 12.8 Å². The van der Waals surface area contributed by atoms with E-state index in [2.05, 4.69) is 47.3 Å². The van der Waals surface area contributed by atoms with Crippen molar-refractivity contribution in [3.05, 3.63) is 17.5 Å². The van der Waals surface area contributed by atoms with Gasteiger partial charge in [-0.25, -0.2) is 0 Å². The summed E-state index contributed by atoms with van der Waals surface area (Å²) in [6, 6.07) is 3.46. The van der Waals surface area contributed by atoms with Crippen molar-refractivity contribution in [1.82, 2.24) is 20.4 Å². The molecule has 2 rings (SSSR count). The van der Waals surface area contributed by atoms with Crippen LogP contribution in [0.1, 0.15) is 56.8 Å². The maximum Gasteiger partial charge on any atom is 0.0596 e. The number of nitrogens with zero attached hydrogens (tertiary/aromatic N) is 2. The van der Waals surface area contributed by atoms with Crippen molar-refractivity contribution in [3.63, 3.8) is 0 Å². The van der Waals surface area contributed by atoms with E-state index in [1.54, 1.807) is 0 Å². The molecule has 0 saturated carbocycles. The second kappa shape index (κ2) is 8.54. The van der Waals surface area contributed by atoms with Crippen LogP contribution in [0.25, 0.3) is 0 Å². The molecule has 0 amide bonds. The number of hydrogen-bond donors (Lipinski definition) is 2. The minimum absolute atomic E-state index is 0.598. The molecule has 1 aromatic rings. The second-order valence-electron chi connectivity index (χ2n) is 6.60. The third kappa shape index (κ3) is 5.79. The molecule has 1 aliphatic rings. The van der Waals surface area contributed by atoms with Crippen LogP contribution in [-0.4, -0.2) is 35.0 Å². The number of aromatic nitrogens is 2. The van der Waals surface area contributed by atoms with Gasteiger partial charge in [-0.2, -0.15) is 5.10 Å². The van der Waals surface area contributed by atoms with E-state index in [0.29, 0.717) is 12.1 Å². The number of hydrogen-bond acceptors (Lipinski definition) is 3. The van der Waals surface area contributed by atoms with Crippen LogP contribution in [0.2, 0.25) is 0 Å². The highest BCUT2D eigenvalue weighted by atomic mass is 15.3. The Morgan fingerprint density at radius 3 is 3.00 bits per heavy atom. The van der Waals surface area contributed by atoms with Crippen LogP contribution < -0.4 is 10.6 Å². The SMILES string of the molecule is Cc1cc(C)n(CCCNC(C)CC2CCCCCN2)n1. The molecule has 0 radical (unpaired) electrons. The Hall–Kier alpha value is -0.870. The summed E-state index contributed by atoms with van der Waals surface area (Å²) in [7, 11) is 0. The van der Waals surface area contributed by atoms with Gasteiger partial charge in [-0.15, -0.1) is 0 Å². The van der Waals surface area contributed by atoms with Crippen molar-refractivity contribution < 1.29 is 0 Å². The van der Waals surface area contributed by atoms with Crippen LogP contribution in [-0.2, 0) is 6.54 Å². The highest BCUT2D eigenvalue weighted by Gasteiger charge is 2.14. The monoisotopic (exact) mass is 292 g/mol. The summed E-state index contributed by atoms with van der Waals surface area (Å²) in [4.78, 5) is 0. The maximum atomic E-state index is 4.51. The van der Waals surface area contributed by atoms with Gasteiger partial charge in [-0.05, 0) is 65.6 Å². The largest absolute Gasteiger partial charge is 0.314 e. The summed E-state index contributed by atoms with van der Waals surface area (Å²) < 4.78 is 2.12. The Bertz CT molecular complexity index is 405. The molecule has 120 valence electrons. The fourth-order valence-electron chi connectivity index (χ4n) is 3.29. The third-order valence-electron chi connectivity index (χ3n) is 4.44. The molecule has 21 heavy (non-hydrogen) atoms. The van der Waals surface area contributed by atoms with Crippen LogP contribution in [0.15, 0.2) is 6.07 Å². The first-order valence-corrected chi connectivity index (χ1v) is 8.63. The zero-order valence-electron chi connectivity index (χ0n) is 14.0. The second-order valence-corrected chi connectivity index (χ2v) is 6.60. The standard InChI is InChI=1S/C17H32N4/c1-14(13-17-8-5-4-6-9-19-17)18-10-7-11-21-16(3)12-15(2)20-21/h12,14,17-19H,4-11,13H2,1-3H3. The van der Waals surface area contributed by atoms with E-state index in [1.165, 1.54) is 44.3 Å². The third-order valence-corrected chi connectivity index (χ3v) is 4.44. The van der Waals surface area contributed by atoms with E-state index < -0.39 is 0 Å². The summed E-state index contributed by atoms with van der Waals surface area (Å²) in [5.41, 5.74) is 2.39. The Morgan fingerprint density at radius 2 is 2.24 bits per heavy atom. The van der Waals surface area contributed by atoms with E-state index in [4.69, 9.17) is 0 Å². The number of nitrogens with one attached hydrogen (secondary N) is 2. The van der Waals surface area contributed by atoms with Gasteiger partial charge in [0.15, 0.2) is 0 Å². The summed E-state index contributed by atoms with van der Waals surface area (Å²) in [5.74, 6) is 0. The van der Waals surface area contributed by atoms with Crippen molar-refractivity contribution in [2.24, 2.45) is 0 Å². The maximum absolute atomic E-state index is 4.51. The van der Waals surface area contributed by atoms with Crippen LogP contribution >= 0.6 is 0 Å². The van der Waals surface area contributed by atoms with Gasteiger partial charge in [0.25, 0.3) is 0 Å². The molecule has 4 heteroatoms. The molecule has 2 heterocycles. The molecule has 0 aliphatic carbocycles. The van der Waals surface area contributed by atoms with Gasteiger partial charge in [0.1, 0.15) is 0 Å². The smallest absolute Gasteiger partial charge is 0.0596 e. The lowest BCUT2D eigenvalue weighted by Crippen LogP contribution is -2.37. The fraction of sp³-hybridized carbons (Fsp3) is 0.824. The number of aryl methyl sites for hydroxylation is 3. The van der Waals surface area contributed by atoms with Crippen LogP contribution in [0.3, 0.4) is 0 Å². The molecule has 2 unspecified atom stereocenters. The summed E-state index contributed by atoms with van der Waals surface area (Å²) in [5, 5.41) is 11.9. The van der Waals surface area contributed by atoms with Crippen molar-refractivity contribution in [2.45, 2.75) is 77.9 Å². The van der Waals surface area contributed by atoms with Crippen LogP contribution in [0.4, 0.5) is 0 Å². The first kappa shape index (κ1) is 16.5. The average Bonchev–Trinajstić information content (AvgIpc) is 2.65. The topological polar surface area (TPSA) is 41.9 Å². The lowest BCUT2D eigenvalue weighted by atomic mass is 10.0.